The molecule has 1 saturated heterocycles. The molecule has 1 N–H and O–H groups in total. The normalized spacial score (nSPS) is 19.3. The van der Waals surface area contributed by atoms with Gasteiger partial charge in [-0.1, -0.05) is 20.8 Å². The van der Waals surface area contributed by atoms with Crippen molar-refractivity contribution in [1.29, 1.82) is 0 Å². The summed E-state index contributed by atoms with van der Waals surface area (Å²) in [4.78, 5) is 6.99. The van der Waals surface area contributed by atoms with Gasteiger partial charge in [0, 0.05) is 36.2 Å². The first kappa shape index (κ1) is 16.2. The number of pyridine rings is 1. The third-order valence-corrected chi connectivity index (χ3v) is 3.97. The van der Waals surface area contributed by atoms with Gasteiger partial charge in [0.2, 0.25) is 0 Å². The molecule has 1 unspecified atom stereocenters. The minimum atomic E-state index is 0.476. The summed E-state index contributed by atoms with van der Waals surface area (Å²) >= 11 is 0. The van der Waals surface area contributed by atoms with Crippen molar-refractivity contribution in [2.75, 3.05) is 31.2 Å². The molecule has 2 heterocycles. The molecule has 1 aliphatic rings. The van der Waals surface area contributed by atoms with Crippen LogP contribution in [-0.4, -0.2) is 37.3 Å². The molecule has 0 saturated carbocycles. The van der Waals surface area contributed by atoms with Gasteiger partial charge in [-0.25, -0.2) is 0 Å². The number of rotatable bonds is 6. The molecule has 21 heavy (non-hydrogen) atoms. The van der Waals surface area contributed by atoms with Gasteiger partial charge in [-0.15, -0.1) is 0 Å². The summed E-state index contributed by atoms with van der Waals surface area (Å²) in [6.45, 7) is 13.3. The predicted octanol–water partition coefficient (Wildman–Crippen LogP) is 2.75. The summed E-state index contributed by atoms with van der Waals surface area (Å²) in [5.41, 5.74) is 3.70. The van der Waals surface area contributed by atoms with Crippen LogP contribution < -0.4 is 10.2 Å². The van der Waals surface area contributed by atoms with E-state index in [0.717, 1.165) is 45.0 Å². The Morgan fingerprint density at radius 2 is 2.29 bits per heavy atom. The van der Waals surface area contributed by atoms with Gasteiger partial charge in [0.25, 0.3) is 0 Å². The van der Waals surface area contributed by atoms with E-state index in [-0.39, 0.29) is 0 Å². The SMILES string of the molecule is CCC1COCCN1c1cc(C)ncc1CNCC(C)C. The zero-order valence-corrected chi connectivity index (χ0v) is 13.9. The lowest BCUT2D eigenvalue weighted by molar-refractivity contribution is 0.0929. The molecule has 0 aromatic carbocycles. The maximum absolute atomic E-state index is 5.63. The summed E-state index contributed by atoms with van der Waals surface area (Å²) in [7, 11) is 0. The fourth-order valence-electron chi connectivity index (χ4n) is 2.78. The van der Waals surface area contributed by atoms with E-state index in [1.807, 2.05) is 6.20 Å². The largest absolute Gasteiger partial charge is 0.377 e. The minimum Gasteiger partial charge on any atom is -0.377 e. The number of morpholine rings is 1. The molecule has 4 heteroatoms. The lowest BCUT2D eigenvalue weighted by atomic mass is 10.1. The Bertz CT molecular complexity index is 448. The first-order valence-electron chi connectivity index (χ1n) is 8.12. The lowest BCUT2D eigenvalue weighted by Crippen LogP contribution is -2.45. The van der Waals surface area contributed by atoms with Gasteiger partial charge in [-0.2, -0.15) is 0 Å². The number of aryl methyl sites for hydroxylation is 1. The third kappa shape index (κ3) is 4.42. The van der Waals surface area contributed by atoms with Gasteiger partial charge in [0.15, 0.2) is 0 Å². The van der Waals surface area contributed by atoms with E-state index in [2.05, 4.69) is 49.0 Å². The van der Waals surface area contributed by atoms with Gasteiger partial charge < -0.3 is 15.0 Å². The molecule has 0 bridgehead atoms. The Labute approximate surface area is 128 Å². The maximum atomic E-state index is 5.63. The summed E-state index contributed by atoms with van der Waals surface area (Å²) in [5, 5.41) is 3.54. The Hall–Kier alpha value is -1.13. The van der Waals surface area contributed by atoms with Crippen LogP contribution in [0.4, 0.5) is 5.69 Å². The molecule has 1 atom stereocenters. The number of hydrogen-bond acceptors (Lipinski definition) is 4. The fraction of sp³-hybridized carbons (Fsp3) is 0.706. The van der Waals surface area contributed by atoms with Crippen LogP contribution in [-0.2, 0) is 11.3 Å². The van der Waals surface area contributed by atoms with Gasteiger partial charge in [0.1, 0.15) is 0 Å². The van der Waals surface area contributed by atoms with Crippen LogP contribution in [0.2, 0.25) is 0 Å². The average Bonchev–Trinajstić information content (AvgIpc) is 2.48. The second-order valence-electron chi connectivity index (χ2n) is 6.31. The fourth-order valence-corrected chi connectivity index (χ4v) is 2.78. The zero-order chi connectivity index (χ0) is 15.2. The Morgan fingerprint density at radius 3 is 3.00 bits per heavy atom. The number of aromatic nitrogens is 1. The number of nitrogens with zero attached hydrogens (tertiary/aromatic N) is 2. The Kier molecular flexibility index (Phi) is 6.00. The number of nitrogens with one attached hydrogen (secondary N) is 1. The predicted molar refractivity (Wildman–Crippen MR) is 87.8 cm³/mol. The highest BCUT2D eigenvalue weighted by atomic mass is 16.5. The van der Waals surface area contributed by atoms with E-state index in [1.165, 1.54) is 11.3 Å². The van der Waals surface area contributed by atoms with Crippen LogP contribution in [0.5, 0.6) is 0 Å². The first-order valence-corrected chi connectivity index (χ1v) is 8.12. The van der Waals surface area contributed by atoms with E-state index in [9.17, 15) is 0 Å². The standard InChI is InChI=1S/C17H29N3O/c1-5-16-12-21-7-6-20(16)17-8-14(4)19-11-15(17)10-18-9-13(2)3/h8,11,13,16,18H,5-7,9-10,12H2,1-4H3. The molecular formula is C17H29N3O. The Balaban J connectivity index is 2.17. The molecule has 0 spiro atoms. The molecular weight excluding hydrogens is 262 g/mol. The van der Waals surface area contributed by atoms with E-state index in [0.29, 0.717) is 12.0 Å². The highest BCUT2D eigenvalue weighted by molar-refractivity contribution is 5.54. The van der Waals surface area contributed by atoms with Crippen molar-refractivity contribution < 1.29 is 4.74 Å². The molecule has 0 amide bonds. The van der Waals surface area contributed by atoms with Crippen LogP contribution in [0.1, 0.15) is 38.4 Å². The Morgan fingerprint density at radius 1 is 1.48 bits per heavy atom. The number of ether oxygens (including phenoxy) is 1. The minimum absolute atomic E-state index is 0.476. The van der Waals surface area contributed by atoms with E-state index >= 15 is 0 Å². The summed E-state index contributed by atoms with van der Waals surface area (Å²) in [6.07, 6.45) is 3.14. The summed E-state index contributed by atoms with van der Waals surface area (Å²) in [6, 6.07) is 2.70. The molecule has 1 aliphatic heterocycles. The van der Waals surface area contributed by atoms with Crippen molar-refractivity contribution in [3.8, 4) is 0 Å². The first-order chi connectivity index (χ1) is 10.1. The highest BCUT2D eigenvalue weighted by Crippen LogP contribution is 2.26. The second-order valence-corrected chi connectivity index (χ2v) is 6.31. The molecule has 1 fully saturated rings. The summed E-state index contributed by atoms with van der Waals surface area (Å²) in [5.74, 6) is 0.665. The molecule has 118 valence electrons. The molecule has 4 nitrogen and oxygen atoms in total. The van der Waals surface area contributed by atoms with Crippen molar-refractivity contribution in [2.24, 2.45) is 5.92 Å². The second kappa shape index (κ2) is 7.76. The monoisotopic (exact) mass is 291 g/mol. The maximum Gasteiger partial charge on any atom is 0.0670 e. The molecule has 1 aromatic heterocycles. The van der Waals surface area contributed by atoms with E-state index in [1.54, 1.807) is 0 Å². The third-order valence-electron chi connectivity index (χ3n) is 3.97. The van der Waals surface area contributed by atoms with Gasteiger partial charge in [-0.05, 0) is 31.9 Å². The molecule has 2 rings (SSSR count). The number of hydrogen-bond donors (Lipinski definition) is 1. The lowest BCUT2D eigenvalue weighted by Gasteiger charge is -2.38. The van der Waals surface area contributed by atoms with Gasteiger partial charge in [0.05, 0.1) is 19.3 Å². The van der Waals surface area contributed by atoms with Crippen molar-refractivity contribution in [3.63, 3.8) is 0 Å². The van der Waals surface area contributed by atoms with Gasteiger partial charge >= 0.3 is 0 Å². The van der Waals surface area contributed by atoms with E-state index in [4.69, 9.17) is 4.74 Å². The van der Waals surface area contributed by atoms with Crippen LogP contribution in [0.15, 0.2) is 12.3 Å². The van der Waals surface area contributed by atoms with Crippen LogP contribution >= 0.6 is 0 Å². The number of anilines is 1. The average molecular weight is 291 g/mol. The molecule has 0 aliphatic carbocycles. The van der Waals surface area contributed by atoms with Crippen LogP contribution in [0.3, 0.4) is 0 Å². The van der Waals surface area contributed by atoms with Gasteiger partial charge in [-0.3, -0.25) is 4.98 Å². The smallest absolute Gasteiger partial charge is 0.0670 e. The van der Waals surface area contributed by atoms with Crippen LogP contribution in [0, 0.1) is 12.8 Å². The van der Waals surface area contributed by atoms with Crippen molar-refractivity contribution in [1.82, 2.24) is 10.3 Å². The van der Waals surface area contributed by atoms with Crippen molar-refractivity contribution >= 4 is 5.69 Å². The van der Waals surface area contributed by atoms with E-state index < -0.39 is 0 Å². The molecule has 0 radical (unpaired) electrons. The highest BCUT2D eigenvalue weighted by Gasteiger charge is 2.23. The van der Waals surface area contributed by atoms with Crippen LogP contribution in [0.25, 0.3) is 0 Å². The zero-order valence-electron chi connectivity index (χ0n) is 13.9. The topological polar surface area (TPSA) is 37.4 Å². The quantitative estimate of drug-likeness (QED) is 0.874. The van der Waals surface area contributed by atoms with Crippen molar-refractivity contribution in [2.45, 2.75) is 46.7 Å². The summed E-state index contributed by atoms with van der Waals surface area (Å²) < 4.78 is 5.63. The van der Waals surface area contributed by atoms with Crippen molar-refractivity contribution in [3.05, 3.63) is 23.5 Å². The molecule has 1 aromatic rings.